The minimum absolute atomic E-state index is 0.0160. The molecular formula is C30H27ClN2O4S. The van der Waals surface area contributed by atoms with Crippen LogP contribution < -0.4 is 9.64 Å². The zero-order chi connectivity index (χ0) is 26.8. The highest BCUT2D eigenvalue weighted by molar-refractivity contribution is 7.22. The zero-order valence-electron chi connectivity index (χ0n) is 21.1. The number of unbranched alkanes of at least 4 members (excludes halogenated alkanes) is 1. The van der Waals surface area contributed by atoms with Gasteiger partial charge in [-0.15, -0.1) is 0 Å². The number of thiazole rings is 1. The van der Waals surface area contributed by atoms with E-state index in [9.17, 15) is 14.7 Å². The number of carbonyl (C=O) groups is 2. The number of hydrogen-bond acceptors (Lipinski definition) is 6. The van der Waals surface area contributed by atoms with Gasteiger partial charge in [0.1, 0.15) is 11.5 Å². The Morgan fingerprint density at radius 1 is 1.08 bits per heavy atom. The first kappa shape index (κ1) is 25.9. The van der Waals surface area contributed by atoms with Gasteiger partial charge in [-0.25, -0.2) is 4.98 Å². The number of hydrogen-bond donors (Lipinski definition) is 1. The van der Waals surface area contributed by atoms with Gasteiger partial charge in [0, 0.05) is 10.6 Å². The Kier molecular flexibility index (Phi) is 7.49. The summed E-state index contributed by atoms with van der Waals surface area (Å²) in [6, 6.07) is 19.1. The van der Waals surface area contributed by atoms with Gasteiger partial charge >= 0.3 is 5.91 Å². The van der Waals surface area contributed by atoms with Gasteiger partial charge in [0.05, 0.1) is 28.4 Å². The largest absolute Gasteiger partial charge is 0.507 e. The van der Waals surface area contributed by atoms with Crippen LogP contribution in [0.3, 0.4) is 0 Å². The summed E-state index contributed by atoms with van der Waals surface area (Å²) in [4.78, 5) is 33.0. The predicted octanol–water partition coefficient (Wildman–Crippen LogP) is 7.32. The van der Waals surface area contributed by atoms with E-state index >= 15 is 0 Å². The van der Waals surface area contributed by atoms with Crippen LogP contribution >= 0.6 is 22.9 Å². The molecule has 38 heavy (non-hydrogen) atoms. The topological polar surface area (TPSA) is 79.7 Å². The van der Waals surface area contributed by atoms with Crippen LogP contribution in [-0.2, 0) is 16.0 Å². The molecule has 0 spiro atoms. The molecule has 3 aromatic carbocycles. The summed E-state index contributed by atoms with van der Waals surface area (Å²) in [5.74, 6) is -1.16. The average molecular weight is 547 g/mol. The highest BCUT2D eigenvalue weighted by atomic mass is 35.5. The van der Waals surface area contributed by atoms with Crippen LogP contribution in [0.2, 0.25) is 5.02 Å². The number of amides is 1. The van der Waals surface area contributed by atoms with Gasteiger partial charge in [0.2, 0.25) is 0 Å². The first-order valence-electron chi connectivity index (χ1n) is 12.6. The normalized spacial score (nSPS) is 16.9. The quantitative estimate of drug-likeness (QED) is 0.108. The third-order valence-corrected chi connectivity index (χ3v) is 7.82. The van der Waals surface area contributed by atoms with Crippen LogP contribution in [0.4, 0.5) is 5.13 Å². The number of Topliss-reactive ketones (excluding diaryl/α,β-unsaturated/α-hetero) is 1. The second-order valence-electron chi connectivity index (χ2n) is 9.10. The number of ketones is 1. The van der Waals surface area contributed by atoms with Gasteiger partial charge < -0.3 is 9.84 Å². The summed E-state index contributed by atoms with van der Waals surface area (Å²) in [7, 11) is 0. The molecule has 1 N–H and O–H groups in total. The maximum Gasteiger partial charge on any atom is 0.301 e. The maximum absolute atomic E-state index is 13.5. The lowest BCUT2D eigenvalue weighted by atomic mass is 9.94. The SMILES string of the molecule is CCCCOc1cccc(C(O)=C2C(=O)C(=O)N(c3nc4ccc(Cl)cc4s3)C2c2ccc(CC)cc2)c1. The number of nitrogens with zero attached hydrogens (tertiary/aromatic N) is 2. The van der Waals surface area contributed by atoms with Crippen LogP contribution in [0.1, 0.15) is 49.4 Å². The minimum Gasteiger partial charge on any atom is -0.507 e. The molecule has 0 bridgehead atoms. The van der Waals surface area contributed by atoms with Gasteiger partial charge in [0.15, 0.2) is 5.13 Å². The summed E-state index contributed by atoms with van der Waals surface area (Å²) in [5.41, 5.74) is 2.92. The van der Waals surface area contributed by atoms with Crippen molar-refractivity contribution in [2.45, 2.75) is 39.2 Å². The van der Waals surface area contributed by atoms with Crippen molar-refractivity contribution in [1.29, 1.82) is 0 Å². The van der Waals surface area contributed by atoms with E-state index in [0.717, 1.165) is 29.5 Å². The number of rotatable bonds is 8. The molecule has 1 aliphatic heterocycles. The van der Waals surface area contributed by atoms with Gasteiger partial charge in [-0.3, -0.25) is 14.5 Å². The Bertz CT molecular complexity index is 1540. The second kappa shape index (κ2) is 11.0. The van der Waals surface area contributed by atoms with Crippen LogP contribution in [0.25, 0.3) is 16.0 Å². The minimum atomic E-state index is -0.846. The molecule has 2 heterocycles. The monoisotopic (exact) mass is 546 g/mol. The molecule has 8 heteroatoms. The first-order chi connectivity index (χ1) is 18.4. The summed E-state index contributed by atoms with van der Waals surface area (Å²) < 4.78 is 6.60. The fourth-order valence-corrected chi connectivity index (χ4v) is 5.76. The second-order valence-corrected chi connectivity index (χ2v) is 10.5. The molecule has 5 rings (SSSR count). The van der Waals surface area contributed by atoms with E-state index in [1.807, 2.05) is 24.3 Å². The molecule has 0 radical (unpaired) electrons. The van der Waals surface area contributed by atoms with Crippen molar-refractivity contribution >= 4 is 55.7 Å². The Hall–Kier alpha value is -3.68. The number of halogens is 1. The lowest BCUT2D eigenvalue weighted by molar-refractivity contribution is -0.132. The summed E-state index contributed by atoms with van der Waals surface area (Å²) in [6.45, 7) is 4.69. The molecule has 0 aliphatic carbocycles. The van der Waals surface area contributed by atoms with Crippen molar-refractivity contribution < 1.29 is 19.4 Å². The molecule has 4 aromatic rings. The van der Waals surface area contributed by atoms with E-state index in [1.54, 1.807) is 42.5 Å². The number of anilines is 1. The Morgan fingerprint density at radius 3 is 2.61 bits per heavy atom. The molecular weight excluding hydrogens is 520 g/mol. The van der Waals surface area contributed by atoms with E-state index in [1.165, 1.54) is 16.2 Å². The number of aryl methyl sites for hydroxylation is 1. The smallest absolute Gasteiger partial charge is 0.301 e. The highest BCUT2D eigenvalue weighted by Gasteiger charge is 2.48. The Morgan fingerprint density at radius 2 is 1.87 bits per heavy atom. The maximum atomic E-state index is 13.5. The van der Waals surface area contributed by atoms with Crippen molar-refractivity contribution in [2.75, 3.05) is 11.5 Å². The molecule has 1 aromatic heterocycles. The summed E-state index contributed by atoms with van der Waals surface area (Å²) >= 11 is 7.45. The zero-order valence-corrected chi connectivity index (χ0v) is 22.7. The van der Waals surface area contributed by atoms with Crippen molar-refractivity contribution in [2.24, 2.45) is 0 Å². The van der Waals surface area contributed by atoms with Gasteiger partial charge in [0.25, 0.3) is 5.78 Å². The number of fused-ring (bicyclic) bond motifs is 1. The van der Waals surface area contributed by atoms with Gasteiger partial charge in [-0.2, -0.15) is 0 Å². The van der Waals surface area contributed by atoms with E-state index in [2.05, 4.69) is 18.8 Å². The van der Waals surface area contributed by atoms with E-state index in [0.29, 0.717) is 39.2 Å². The van der Waals surface area contributed by atoms with Crippen molar-refractivity contribution in [3.8, 4) is 5.75 Å². The first-order valence-corrected chi connectivity index (χ1v) is 13.8. The molecule has 0 saturated carbocycles. The van der Waals surface area contributed by atoms with Gasteiger partial charge in [-0.05, 0) is 54.3 Å². The lowest BCUT2D eigenvalue weighted by Gasteiger charge is -2.23. The third kappa shape index (κ3) is 4.91. The summed E-state index contributed by atoms with van der Waals surface area (Å²) in [5, 5.41) is 12.4. The molecule has 1 saturated heterocycles. The van der Waals surface area contributed by atoms with E-state index in [4.69, 9.17) is 16.3 Å². The van der Waals surface area contributed by atoms with Gasteiger partial charge in [-0.1, -0.05) is 79.6 Å². The fourth-order valence-electron chi connectivity index (χ4n) is 4.49. The molecule has 1 amide bonds. The molecule has 1 atom stereocenters. The predicted molar refractivity (Wildman–Crippen MR) is 152 cm³/mol. The molecule has 6 nitrogen and oxygen atoms in total. The average Bonchev–Trinajstić information content (AvgIpc) is 3.46. The molecule has 1 aliphatic rings. The summed E-state index contributed by atoms with van der Waals surface area (Å²) in [6.07, 6.45) is 2.75. The van der Waals surface area contributed by atoms with Crippen LogP contribution in [0.5, 0.6) is 5.75 Å². The standard InChI is InChI=1S/C30H27ClN2O4S/c1-3-5-15-37-22-8-6-7-20(16-22)27(34)25-26(19-11-9-18(4-2)10-12-19)33(29(36)28(25)35)30-32-23-14-13-21(31)17-24(23)38-30/h6-14,16-17,26,34H,3-5,15H2,1-2H3. The van der Waals surface area contributed by atoms with E-state index in [-0.39, 0.29) is 11.3 Å². The van der Waals surface area contributed by atoms with Crippen LogP contribution in [-0.4, -0.2) is 28.4 Å². The van der Waals surface area contributed by atoms with Crippen molar-refractivity contribution in [3.63, 3.8) is 0 Å². The Balaban J connectivity index is 1.64. The third-order valence-electron chi connectivity index (χ3n) is 6.57. The number of aliphatic hydroxyl groups is 1. The van der Waals surface area contributed by atoms with Crippen LogP contribution in [0.15, 0.2) is 72.3 Å². The highest BCUT2D eigenvalue weighted by Crippen LogP contribution is 2.44. The Labute approximate surface area is 230 Å². The number of aromatic nitrogens is 1. The number of benzene rings is 3. The number of aliphatic hydroxyl groups excluding tert-OH is 1. The number of carbonyl (C=O) groups excluding carboxylic acids is 2. The molecule has 1 fully saturated rings. The van der Waals surface area contributed by atoms with Crippen molar-refractivity contribution in [1.82, 2.24) is 4.98 Å². The molecule has 1 unspecified atom stereocenters. The van der Waals surface area contributed by atoms with Crippen molar-refractivity contribution in [3.05, 3.63) is 94.0 Å². The number of ether oxygens (including phenoxy) is 1. The lowest BCUT2D eigenvalue weighted by Crippen LogP contribution is -2.29. The van der Waals surface area contributed by atoms with Crippen LogP contribution in [0, 0.1) is 0 Å². The van der Waals surface area contributed by atoms with E-state index < -0.39 is 17.7 Å². The molecule has 194 valence electrons. The fraction of sp³-hybridized carbons (Fsp3) is 0.233.